The maximum absolute atomic E-state index is 13.1. The van der Waals surface area contributed by atoms with E-state index in [0.29, 0.717) is 51.2 Å². The lowest BCUT2D eigenvalue weighted by molar-refractivity contribution is -0.119. The highest BCUT2D eigenvalue weighted by atomic mass is 35.5. The third kappa shape index (κ3) is 5.46. The van der Waals surface area contributed by atoms with Crippen LogP contribution >= 0.6 is 11.6 Å². The fourth-order valence-corrected chi connectivity index (χ4v) is 4.59. The van der Waals surface area contributed by atoms with Gasteiger partial charge in [-0.25, -0.2) is 9.80 Å². The van der Waals surface area contributed by atoms with Crippen LogP contribution in [0.2, 0.25) is 5.02 Å². The van der Waals surface area contributed by atoms with Crippen LogP contribution in [0, 0.1) is 12.8 Å². The Balaban J connectivity index is 1.31. The summed E-state index contributed by atoms with van der Waals surface area (Å²) in [7, 11) is 0. The van der Waals surface area contributed by atoms with Crippen LogP contribution in [0.15, 0.2) is 88.4 Å². The van der Waals surface area contributed by atoms with Gasteiger partial charge in [0.25, 0.3) is 11.8 Å². The number of nitrogens with one attached hydrogen (secondary N) is 1. The molecule has 0 radical (unpaired) electrons. The van der Waals surface area contributed by atoms with Crippen molar-refractivity contribution in [2.45, 2.75) is 20.3 Å². The molecular weight excluding hydrogens is 518 g/mol. The van der Waals surface area contributed by atoms with Crippen LogP contribution in [0.3, 0.4) is 0 Å². The van der Waals surface area contributed by atoms with Gasteiger partial charge in [-0.15, -0.1) is 0 Å². The number of rotatable bonds is 7. The average Bonchev–Trinajstić information content (AvgIpc) is 3.49. The fraction of sp³-hybridized carbons (Fsp3) is 0.133. The number of carboxylic acid groups (broad SMARTS) is 1. The van der Waals surface area contributed by atoms with E-state index in [9.17, 15) is 14.4 Å². The van der Waals surface area contributed by atoms with Crippen LogP contribution in [0.4, 0.5) is 11.4 Å². The van der Waals surface area contributed by atoms with Crippen molar-refractivity contribution in [1.82, 2.24) is 0 Å². The number of furan rings is 1. The Kier molecular flexibility index (Phi) is 7.04. The molecule has 3 aromatic carbocycles. The minimum atomic E-state index is -1.04. The summed E-state index contributed by atoms with van der Waals surface area (Å²) < 4.78 is 6.05. The van der Waals surface area contributed by atoms with Gasteiger partial charge in [0.1, 0.15) is 11.5 Å². The van der Waals surface area contributed by atoms with Gasteiger partial charge in [-0.1, -0.05) is 23.7 Å². The lowest BCUT2D eigenvalue weighted by Gasteiger charge is -2.14. The number of hydrogen-bond donors (Lipinski definition) is 2. The molecule has 4 aromatic rings. The summed E-state index contributed by atoms with van der Waals surface area (Å²) in [4.78, 5) is 37.2. The van der Waals surface area contributed by atoms with Crippen molar-refractivity contribution in [3.8, 4) is 11.3 Å². The van der Waals surface area contributed by atoms with Crippen molar-refractivity contribution in [2.75, 3.05) is 10.3 Å². The van der Waals surface area contributed by atoms with E-state index in [-0.39, 0.29) is 17.4 Å². The van der Waals surface area contributed by atoms with Crippen molar-refractivity contribution in [2.24, 2.45) is 11.0 Å². The molecule has 0 spiro atoms. The molecule has 1 aliphatic rings. The third-order valence-corrected chi connectivity index (χ3v) is 6.80. The standard InChI is InChI=1S/C30H24ClN3O5/c1-17-4-3-5-21(14-17)32-28(35)25-15-20(8-12-26(25)31)27-13-11-23(39-27)16-24-18(2)33-34(29(24)36)22-9-6-19(7-10-22)30(37)38/h3-15,24H,16H2,1-2H3,(H,32,35)(H,37,38). The third-order valence-electron chi connectivity index (χ3n) is 6.47. The van der Waals surface area contributed by atoms with E-state index in [4.69, 9.17) is 21.1 Å². The Morgan fingerprint density at radius 2 is 1.79 bits per heavy atom. The number of nitrogens with zero attached hydrogens (tertiary/aromatic N) is 2. The highest BCUT2D eigenvalue weighted by Gasteiger charge is 2.35. The van der Waals surface area contributed by atoms with E-state index in [0.717, 1.165) is 5.56 Å². The lowest BCUT2D eigenvalue weighted by Crippen LogP contribution is -2.28. The smallest absolute Gasteiger partial charge is 0.335 e. The predicted molar refractivity (Wildman–Crippen MR) is 149 cm³/mol. The molecule has 1 aliphatic heterocycles. The summed E-state index contributed by atoms with van der Waals surface area (Å²) in [5.74, 6) is -1.01. The van der Waals surface area contributed by atoms with Gasteiger partial charge >= 0.3 is 5.97 Å². The maximum Gasteiger partial charge on any atom is 0.335 e. The second-order valence-electron chi connectivity index (χ2n) is 9.28. The summed E-state index contributed by atoms with van der Waals surface area (Å²) >= 11 is 6.34. The van der Waals surface area contributed by atoms with E-state index >= 15 is 0 Å². The van der Waals surface area contributed by atoms with Gasteiger partial charge in [-0.2, -0.15) is 5.10 Å². The number of hydrazone groups is 1. The number of carbonyl (C=O) groups is 3. The first-order chi connectivity index (χ1) is 18.7. The molecule has 0 saturated heterocycles. The molecule has 0 bridgehead atoms. The zero-order valence-electron chi connectivity index (χ0n) is 21.1. The van der Waals surface area contributed by atoms with Crippen LogP contribution < -0.4 is 10.3 Å². The first-order valence-corrected chi connectivity index (χ1v) is 12.6. The molecular formula is C30H24ClN3O5. The van der Waals surface area contributed by atoms with Crippen molar-refractivity contribution >= 4 is 46.5 Å². The first-order valence-electron chi connectivity index (χ1n) is 12.2. The Morgan fingerprint density at radius 3 is 2.51 bits per heavy atom. The largest absolute Gasteiger partial charge is 0.478 e. The number of aryl methyl sites for hydroxylation is 1. The van der Waals surface area contributed by atoms with Crippen LogP contribution in [-0.2, 0) is 11.2 Å². The number of halogens is 1. The Morgan fingerprint density at radius 1 is 1.03 bits per heavy atom. The summed E-state index contributed by atoms with van der Waals surface area (Å²) in [5, 5.41) is 18.0. The van der Waals surface area contributed by atoms with E-state index in [1.807, 2.05) is 31.2 Å². The Hall–Kier alpha value is -4.69. The molecule has 2 N–H and O–H groups in total. The molecule has 39 heavy (non-hydrogen) atoms. The monoisotopic (exact) mass is 541 g/mol. The second kappa shape index (κ2) is 10.6. The van der Waals surface area contributed by atoms with Gasteiger partial charge in [0.05, 0.1) is 27.8 Å². The van der Waals surface area contributed by atoms with Crippen molar-refractivity contribution in [3.63, 3.8) is 0 Å². The molecule has 9 heteroatoms. The maximum atomic E-state index is 13.1. The molecule has 1 aromatic heterocycles. The van der Waals surface area contributed by atoms with E-state index in [1.54, 1.807) is 49.4 Å². The second-order valence-corrected chi connectivity index (χ2v) is 9.69. The summed E-state index contributed by atoms with van der Waals surface area (Å²) in [6.45, 7) is 3.72. The minimum absolute atomic E-state index is 0.128. The van der Waals surface area contributed by atoms with Crippen molar-refractivity contribution in [3.05, 3.63) is 106 Å². The molecule has 0 fully saturated rings. The van der Waals surface area contributed by atoms with E-state index < -0.39 is 11.9 Å². The van der Waals surface area contributed by atoms with Crippen molar-refractivity contribution in [1.29, 1.82) is 0 Å². The van der Waals surface area contributed by atoms with E-state index in [1.165, 1.54) is 17.1 Å². The van der Waals surface area contributed by atoms with Gasteiger partial charge in [-0.3, -0.25) is 9.59 Å². The minimum Gasteiger partial charge on any atom is -0.478 e. The van der Waals surface area contributed by atoms with Crippen LogP contribution in [-0.4, -0.2) is 28.6 Å². The summed E-state index contributed by atoms with van der Waals surface area (Å²) in [5.41, 5.74) is 3.92. The quantitative estimate of drug-likeness (QED) is 0.279. The average molecular weight is 542 g/mol. The lowest BCUT2D eigenvalue weighted by atomic mass is 9.99. The van der Waals surface area contributed by atoms with Gasteiger partial charge in [-0.05, 0) is 86.1 Å². The van der Waals surface area contributed by atoms with Gasteiger partial charge in [0.2, 0.25) is 0 Å². The fourth-order valence-electron chi connectivity index (χ4n) is 4.39. The topological polar surface area (TPSA) is 112 Å². The SMILES string of the molecule is CC1=NN(c2ccc(C(=O)O)cc2)C(=O)C1Cc1ccc(-c2ccc(Cl)c(C(=O)Nc3cccc(C)c3)c2)o1. The van der Waals surface area contributed by atoms with Crippen LogP contribution in [0.1, 0.15) is 39.0 Å². The molecule has 1 unspecified atom stereocenters. The highest BCUT2D eigenvalue weighted by Crippen LogP contribution is 2.31. The number of carboxylic acids is 1. The normalized spacial score (nSPS) is 14.8. The van der Waals surface area contributed by atoms with E-state index in [2.05, 4.69) is 10.4 Å². The first kappa shape index (κ1) is 25.9. The zero-order valence-corrected chi connectivity index (χ0v) is 21.9. The number of carbonyl (C=O) groups excluding carboxylic acids is 2. The molecule has 5 rings (SSSR count). The number of amides is 2. The van der Waals surface area contributed by atoms with Crippen LogP contribution in [0.5, 0.6) is 0 Å². The van der Waals surface area contributed by atoms with Gasteiger partial charge < -0.3 is 14.8 Å². The molecule has 0 aliphatic carbocycles. The predicted octanol–water partition coefficient (Wildman–Crippen LogP) is 6.44. The number of aromatic carboxylic acids is 1. The molecule has 2 amide bonds. The van der Waals surface area contributed by atoms with Crippen LogP contribution in [0.25, 0.3) is 11.3 Å². The highest BCUT2D eigenvalue weighted by molar-refractivity contribution is 6.34. The molecule has 1 atom stereocenters. The molecule has 196 valence electrons. The van der Waals surface area contributed by atoms with Gasteiger partial charge in [0.15, 0.2) is 0 Å². The number of hydrogen-bond acceptors (Lipinski definition) is 5. The number of benzene rings is 3. The summed E-state index contributed by atoms with van der Waals surface area (Å²) in [6.07, 6.45) is 0.298. The molecule has 0 saturated carbocycles. The summed E-state index contributed by atoms with van der Waals surface area (Å²) in [6, 6.07) is 22.1. The van der Waals surface area contributed by atoms with Gasteiger partial charge in [0, 0.05) is 23.4 Å². The van der Waals surface area contributed by atoms with Crippen molar-refractivity contribution < 1.29 is 23.9 Å². The Labute approximate surface area is 229 Å². The number of anilines is 2. The molecule has 2 heterocycles. The zero-order chi connectivity index (χ0) is 27.7. The molecule has 8 nitrogen and oxygen atoms in total. The Bertz CT molecular complexity index is 1620.